The van der Waals surface area contributed by atoms with Gasteiger partial charge in [-0.1, -0.05) is 22.0 Å². The van der Waals surface area contributed by atoms with Crippen molar-refractivity contribution < 1.29 is 24.2 Å². The Labute approximate surface area is 164 Å². The summed E-state index contributed by atoms with van der Waals surface area (Å²) in [6.07, 6.45) is 2.97. The molecule has 6 nitrogen and oxygen atoms in total. The van der Waals surface area contributed by atoms with Crippen LogP contribution in [0.25, 0.3) is 6.08 Å². The van der Waals surface area contributed by atoms with E-state index >= 15 is 0 Å². The van der Waals surface area contributed by atoms with E-state index in [4.69, 9.17) is 4.74 Å². The lowest BCUT2D eigenvalue weighted by molar-refractivity contribution is -0.307. The molecule has 0 unspecified atom stereocenters. The summed E-state index contributed by atoms with van der Waals surface area (Å²) in [5, 5.41) is 10.3. The molecule has 1 aromatic rings. The molecular formula is C15H10BrINO5S-. The van der Waals surface area contributed by atoms with Crippen LogP contribution < -0.4 is 9.84 Å². The molecule has 1 saturated heterocycles. The van der Waals surface area contributed by atoms with Gasteiger partial charge in [-0.2, -0.15) is 0 Å². The van der Waals surface area contributed by atoms with E-state index in [9.17, 15) is 19.5 Å². The summed E-state index contributed by atoms with van der Waals surface area (Å²) in [6, 6.07) is 3.42. The number of aliphatic carboxylic acids is 1. The number of hydrogen-bond acceptors (Lipinski definition) is 6. The average Bonchev–Trinajstić information content (AvgIpc) is 2.74. The monoisotopic (exact) mass is 522 g/mol. The zero-order valence-electron chi connectivity index (χ0n) is 12.1. The summed E-state index contributed by atoms with van der Waals surface area (Å²) in [6.45, 7) is 3.03. The van der Waals surface area contributed by atoms with E-state index in [0.717, 1.165) is 21.1 Å². The molecule has 1 heterocycles. The third-order valence-corrected chi connectivity index (χ3v) is 5.01. The zero-order chi connectivity index (χ0) is 17.9. The Morgan fingerprint density at radius 1 is 1.46 bits per heavy atom. The minimum atomic E-state index is -1.36. The van der Waals surface area contributed by atoms with Gasteiger partial charge in [0.1, 0.15) is 12.4 Å². The first-order valence-corrected chi connectivity index (χ1v) is 9.20. The van der Waals surface area contributed by atoms with E-state index in [0.29, 0.717) is 14.9 Å². The van der Waals surface area contributed by atoms with Crippen LogP contribution in [-0.2, 0) is 9.59 Å². The van der Waals surface area contributed by atoms with Gasteiger partial charge >= 0.3 is 0 Å². The number of rotatable bonds is 6. The minimum Gasteiger partial charge on any atom is -0.546 e. The maximum absolute atomic E-state index is 12.3. The highest BCUT2D eigenvalue weighted by Crippen LogP contribution is 2.36. The second-order valence-corrected chi connectivity index (χ2v) is 7.62. The molecule has 0 aromatic heterocycles. The molecule has 0 bridgehead atoms. The number of imide groups is 1. The number of carboxylic acids is 1. The molecule has 0 radical (unpaired) electrons. The molecule has 0 spiro atoms. The van der Waals surface area contributed by atoms with Crippen LogP contribution in [0.2, 0.25) is 0 Å². The number of nitrogens with zero attached hydrogens (tertiary/aromatic N) is 1. The van der Waals surface area contributed by atoms with Crippen LogP contribution >= 0.6 is 50.3 Å². The van der Waals surface area contributed by atoms with Crippen molar-refractivity contribution in [2.45, 2.75) is 0 Å². The van der Waals surface area contributed by atoms with Crippen molar-refractivity contribution in [2.24, 2.45) is 0 Å². The summed E-state index contributed by atoms with van der Waals surface area (Å²) >= 11 is 6.14. The van der Waals surface area contributed by atoms with Gasteiger partial charge in [-0.15, -0.1) is 6.58 Å². The van der Waals surface area contributed by atoms with Crippen molar-refractivity contribution in [3.05, 3.63) is 43.3 Å². The van der Waals surface area contributed by atoms with Crippen molar-refractivity contribution in [2.75, 3.05) is 13.2 Å². The molecule has 2 amide bonds. The maximum Gasteiger partial charge on any atom is 0.293 e. The van der Waals surface area contributed by atoms with E-state index in [1.54, 1.807) is 12.1 Å². The molecule has 0 atom stereocenters. The molecule has 1 aromatic carbocycles. The average molecular weight is 523 g/mol. The van der Waals surface area contributed by atoms with Crippen LogP contribution in [0.1, 0.15) is 5.56 Å². The summed E-state index contributed by atoms with van der Waals surface area (Å²) in [5.74, 6) is -1.48. The summed E-state index contributed by atoms with van der Waals surface area (Å²) in [5.41, 5.74) is 0.485. The van der Waals surface area contributed by atoms with E-state index < -0.39 is 18.5 Å². The molecular weight excluding hydrogens is 513 g/mol. The van der Waals surface area contributed by atoms with Crippen molar-refractivity contribution in [1.82, 2.24) is 4.90 Å². The van der Waals surface area contributed by atoms with Gasteiger partial charge in [0.25, 0.3) is 11.1 Å². The Kier molecular flexibility index (Phi) is 6.47. The number of amides is 2. The van der Waals surface area contributed by atoms with Crippen LogP contribution in [0.15, 0.2) is 34.2 Å². The van der Waals surface area contributed by atoms with Gasteiger partial charge in [0, 0.05) is 16.6 Å². The topological polar surface area (TPSA) is 86.7 Å². The number of thioether (sulfide) groups is 1. The number of ether oxygens (including phenoxy) is 1. The molecule has 0 saturated carbocycles. The largest absolute Gasteiger partial charge is 0.546 e. The highest BCUT2D eigenvalue weighted by atomic mass is 127. The normalized spacial score (nSPS) is 15.9. The number of halogens is 2. The highest BCUT2D eigenvalue weighted by Gasteiger charge is 2.34. The molecule has 24 heavy (non-hydrogen) atoms. The SMILES string of the molecule is C=CCN1C(=O)S/C(=C\c2cc(Br)cc(I)c2OCC(=O)[O-])C1=O. The maximum atomic E-state index is 12.3. The molecule has 0 aliphatic carbocycles. The predicted octanol–water partition coefficient (Wildman–Crippen LogP) is 2.40. The standard InChI is InChI=1S/C15H11BrINO5S/c1-2-3-18-14(21)11(24-15(18)22)5-8-4-9(16)6-10(17)13(8)23-7-12(19)20/h2,4-6H,1,3,7H2,(H,19,20)/p-1/b11-5-. The number of hydrogen-bond donors (Lipinski definition) is 0. The quantitative estimate of drug-likeness (QED) is 0.324. The fraction of sp³-hybridized carbons (Fsp3) is 0.133. The van der Waals surface area contributed by atoms with Gasteiger partial charge in [0.15, 0.2) is 0 Å². The predicted molar refractivity (Wildman–Crippen MR) is 100 cm³/mol. The Bertz CT molecular complexity index is 764. The Balaban J connectivity index is 2.41. The van der Waals surface area contributed by atoms with Gasteiger partial charge in [0.2, 0.25) is 0 Å². The molecule has 1 aliphatic rings. The lowest BCUT2D eigenvalue weighted by Crippen LogP contribution is -2.29. The lowest BCUT2D eigenvalue weighted by atomic mass is 10.2. The Morgan fingerprint density at radius 2 is 2.17 bits per heavy atom. The van der Waals surface area contributed by atoms with Gasteiger partial charge in [-0.3, -0.25) is 14.5 Å². The second kappa shape index (κ2) is 8.17. The summed E-state index contributed by atoms with van der Waals surface area (Å²) in [7, 11) is 0. The van der Waals surface area contributed by atoms with Gasteiger partial charge in [0.05, 0.1) is 14.4 Å². The van der Waals surface area contributed by atoms with Crippen molar-refractivity contribution in [1.29, 1.82) is 0 Å². The van der Waals surface area contributed by atoms with Crippen LogP contribution in [0.3, 0.4) is 0 Å². The van der Waals surface area contributed by atoms with E-state index in [1.807, 2.05) is 22.6 Å². The van der Waals surface area contributed by atoms with Crippen LogP contribution in [0.5, 0.6) is 5.75 Å². The first kappa shape index (κ1) is 19.0. The van der Waals surface area contributed by atoms with E-state index in [1.165, 1.54) is 12.2 Å². The van der Waals surface area contributed by atoms with E-state index in [2.05, 4.69) is 22.5 Å². The van der Waals surface area contributed by atoms with Gasteiger partial charge in [-0.05, 0) is 52.6 Å². The van der Waals surface area contributed by atoms with Crippen LogP contribution in [-0.4, -0.2) is 35.2 Å². The number of carboxylic acid groups (broad SMARTS) is 1. The van der Waals surface area contributed by atoms with Gasteiger partial charge < -0.3 is 14.6 Å². The zero-order valence-corrected chi connectivity index (χ0v) is 16.6. The fourth-order valence-electron chi connectivity index (χ4n) is 1.90. The van der Waals surface area contributed by atoms with Crippen LogP contribution in [0, 0.1) is 3.57 Å². The third-order valence-electron chi connectivity index (χ3n) is 2.84. The number of carbonyl (C=O) groups excluding carboxylic acids is 3. The lowest BCUT2D eigenvalue weighted by Gasteiger charge is -2.13. The molecule has 1 fully saturated rings. The molecule has 126 valence electrons. The van der Waals surface area contributed by atoms with Gasteiger partial charge in [-0.25, -0.2) is 0 Å². The van der Waals surface area contributed by atoms with E-state index in [-0.39, 0.29) is 16.7 Å². The Hall–Kier alpha value is -1.33. The Morgan fingerprint density at radius 3 is 2.79 bits per heavy atom. The summed E-state index contributed by atoms with van der Waals surface area (Å²) in [4.78, 5) is 36.1. The number of carbonyl (C=O) groups is 3. The van der Waals surface area contributed by atoms with Crippen molar-refractivity contribution in [3.8, 4) is 5.75 Å². The number of benzene rings is 1. The molecule has 9 heteroatoms. The fourth-order valence-corrected chi connectivity index (χ4v) is 4.44. The molecule has 2 rings (SSSR count). The van der Waals surface area contributed by atoms with Crippen LogP contribution in [0.4, 0.5) is 4.79 Å². The minimum absolute atomic E-state index is 0.131. The molecule has 1 aliphatic heterocycles. The highest BCUT2D eigenvalue weighted by molar-refractivity contribution is 14.1. The van der Waals surface area contributed by atoms with Crippen molar-refractivity contribution >= 4 is 73.5 Å². The first-order valence-electron chi connectivity index (χ1n) is 6.51. The van der Waals surface area contributed by atoms with Crippen molar-refractivity contribution in [3.63, 3.8) is 0 Å². The second-order valence-electron chi connectivity index (χ2n) is 4.55. The summed E-state index contributed by atoms with van der Waals surface area (Å²) < 4.78 is 6.64. The first-order chi connectivity index (χ1) is 11.3. The smallest absolute Gasteiger partial charge is 0.293 e. The third kappa shape index (κ3) is 4.39. The molecule has 0 N–H and O–H groups in total.